The van der Waals surface area contributed by atoms with E-state index in [1.54, 1.807) is 11.7 Å². The Balaban J connectivity index is 1.55. The van der Waals surface area contributed by atoms with Crippen molar-refractivity contribution in [2.75, 3.05) is 0 Å². The predicted octanol–water partition coefficient (Wildman–Crippen LogP) is 0.183. The first-order valence-corrected chi connectivity index (χ1v) is 8.31. The Morgan fingerprint density at radius 3 is 2.78 bits per heavy atom. The summed E-state index contributed by atoms with van der Waals surface area (Å²) in [4.78, 5) is 31.4. The van der Waals surface area contributed by atoms with Crippen molar-refractivity contribution in [3.8, 4) is 11.4 Å². The molecule has 2 amide bonds. The molecule has 2 aromatic heterocycles. The SMILES string of the molecule is Cn1nnnc1-c1ccc2c(c1)CC[C@@H]2NC(=O)c1cc(C(N)=O)ncn1. The molecule has 1 aromatic carbocycles. The van der Waals surface area contributed by atoms with E-state index in [1.165, 1.54) is 6.07 Å². The molecule has 3 N–H and O–H groups in total. The standard InChI is InChI=1S/C17H16N8O2/c1-25-16(22-23-24-25)10-2-4-11-9(6-10)3-5-12(11)21-17(27)14-7-13(15(18)26)19-8-20-14/h2,4,6-8,12H,3,5H2,1H3,(H2,18,26)(H,21,27)/t12-/m0/s1. The van der Waals surface area contributed by atoms with Crippen molar-refractivity contribution in [3.05, 3.63) is 53.1 Å². The van der Waals surface area contributed by atoms with Gasteiger partial charge in [0.15, 0.2) is 5.82 Å². The highest BCUT2D eigenvalue weighted by molar-refractivity contribution is 5.96. The molecule has 1 aliphatic rings. The van der Waals surface area contributed by atoms with Crippen molar-refractivity contribution < 1.29 is 9.59 Å². The van der Waals surface area contributed by atoms with Crippen LogP contribution < -0.4 is 11.1 Å². The lowest BCUT2D eigenvalue weighted by molar-refractivity contribution is 0.0931. The van der Waals surface area contributed by atoms with E-state index in [1.807, 2.05) is 18.2 Å². The molecule has 10 heteroatoms. The Morgan fingerprint density at radius 2 is 2.04 bits per heavy atom. The summed E-state index contributed by atoms with van der Waals surface area (Å²) in [5, 5.41) is 14.5. The van der Waals surface area contributed by atoms with Crippen LogP contribution in [0.5, 0.6) is 0 Å². The van der Waals surface area contributed by atoms with Crippen molar-refractivity contribution in [2.24, 2.45) is 12.8 Å². The van der Waals surface area contributed by atoms with Crippen LogP contribution in [0.15, 0.2) is 30.6 Å². The molecule has 4 rings (SSSR count). The number of amides is 2. The molecule has 27 heavy (non-hydrogen) atoms. The van der Waals surface area contributed by atoms with Crippen LogP contribution in [0.4, 0.5) is 0 Å². The van der Waals surface area contributed by atoms with Gasteiger partial charge in [0, 0.05) is 18.7 Å². The summed E-state index contributed by atoms with van der Waals surface area (Å²) in [6, 6.07) is 7.11. The predicted molar refractivity (Wildman–Crippen MR) is 93.3 cm³/mol. The van der Waals surface area contributed by atoms with Crippen LogP contribution in [-0.4, -0.2) is 42.0 Å². The zero-order valence-corrected chi connectivity index (χ0v) is 14.5. The molecule has 1 atom stereocenters. The molecule has 0 radical (unpaired) electrons. The van der Waals surface area contributed by atoms with Crippen LogP contribution in [0.3, 0.4) is 0 Å². The molecule has 1 aliphatic carbocycles. The third-order valence-corrected chi connectivity index (χ3v) is 4.56. The second-order valence-corrected chi connectivity index (χ2v) is 6.26. The van der Waals surface area contributed by atoms with E-state index in [-0.39, 0.29) is 23.3 Å². The molecular formula is C17H16N8O2. The number of carbonyl (C=O) groups is 2. The van der Waals surface area contributed by atoms with Crippen LogP contribution in [0.25, 0.3) is 11.4 Å². The summed E-state index contributed by atoms with van der Waals surface area (Å²) in [7, 11) is 1.79. The van der Waals surface area contributed by atoms with Crippen LogP contribution in [0.1, 0.15) is 44.6 Å². The number of nitrogens with zero attached hydrogens (tertiary/aromatic N) is 6. The van der Waals surface area contributed by atoms with E-state index < -0.39 is 5.91 Å². The maximum atomic E-state index is 12.5. The number of rotatable bonds is 4. The first kappa shape index (κ1) is 16.8. The Morgan fingerprint density at radius 1 is 1.22 bits per heavy atom. The number of carbonyl (C=O) groups excluding carboxylic acids is 2. The summed E-state index contributed by atoms with van der Waals surface area (Å²) in [5.41, 5.74) is 8.42. The first-order chi connectivity index (χ1) is 13.0. The van der Waals surface area contributed by atoms with E-state index in [4.69, 9.17) is 5.73 Å². The number of hydrogen-bond donors (Lipinski definition) is 2. The van der Waals surface area contributed by atoms with Gasteiger partial charge < -0.3 is 11.1 Å². The van der Waals surface area contributed by atoms with Gasteiger partial charge in [-0.3, -0.25) is 9.59 Å². The monoisotopic (exact) mass is 364 g/mol. The van der Waals surface area contributed by atoms with Gasteiger partial charge in [-0.05, 0) is 40.5 Å². The topological polar surface area (TPSA) is 142 Å². The smallest absolute Gasteiger partial charge is 0.270 e. The Hall–Kier alpha value is -3.69. The molecule has 0 spiro atoms. The third-order valence-electron chi connectivity index (χ3n) is 4.56. The highest BCUT2D eigenvalue weighted by atomic mass is 16.2. The summed E-state index contributed by atoms with van der Waals surface area (Å²) < 4.78 is 1.61. The summed E-state index contributed by atoms with van der Waals surface area (Å²) in [6.45, 7) is 0. The zero-order chi connectivity index (χ0) is 19.0. The molecular weight excluding hydrogens is 348 g/mol. The van der Waals surface area contributed by atoms with Gasteiger partial charge in [0.05, 0.1) is 6.04 Å². The average Bonchev–Trinajstić information content (AvgIpc) is 3.27. The van der Waals surface area contributed by atoms with Gasteiger partial charge in [0.25, 0.3) is 11.8 Å². The lowest BCUT2D eigenvalue weighted by atomic mass is 10.0. The lowest BCUT2D eigenvalue weighted by Crippen LogP contribution is -2.28. The molecule has 0 fully saturated rings. The van der Waals surface area contributed by atoms with Crippen LogP contribution in [-0.2, 0) is 13.5 Å². The van der Waals surface area contributed by atoms with E-state index in [0.29, 0.717) is 5.82 Å². The quantitative estimate of drug-likeness (QED) is 0.672. The Bertz CT molecular complexity index is 1040. The van der Waals surface area contributed by atoms with Crippen molar-refractivity contribution >= 4 is 11.8 Å². The highest BCUT2D eigenvalue weighted by Gasteiger charge is 2.26. The van der Waals surface area contributed by atoms with Gasteiger partial charge in [-0.15, -0.1) is 5.10 Å². The third kappa shape index (κ3) is 3.12. The molecule has 0 saturated carbocycles. The Labute approximate surface area is 153 Å². The molecule has 0 aliphatic heterocycles. The molecule has 0 saturated heterocycles. The number of benzene rings is 1. The van der Waals surface area contributed by atoms with Crippen LogP contribution >= 0.6 is 0 Å². The van der Waals surface area contributed by atoms with E-state index in [0.717, 1.165) is 35.9 Å². The molecule has 2 heterocycles. The van der Waals surface area contributed by atoms with Gasteiger partial charge >= 0.3 is 0 Å². The number of primary amides is 1. The minimum absolute atomic E-state index is 0.00361. The van der Waals surface area contributed by atoms with Crippen molar-refractivity contribution in [1.29, 1.82) is 0 Å². The zero-order valence-electron chi connectivity index (χ0n) is 14.5. The highest BCUT2D eigenvalue weighted by Crippen LogP contribution is 2.33. The normalized spacial score (nSPS) is 15.4. The average molecular weight is 364 g/mol. The molecule has 136 valence electrons. The maximum absolute atomic E-state index is 12.5. The van der Waals surface area contributed by atoms with E-state index in [9.17, 15) is 9.59 Å². The number of hydrogen-bond acceptors (Lipinski definition) is 7. The Kier molecular flexibility index (Phi) is 4.07. The van der Waals surface area contributed by atoms with Gasteiger partial charge in [-0.1, -0.05) is 12.1 Å². The first-order valence-electron chi connectivity index (χ1n) is 8.31. The second-order valence-electron chi connectivity index (χ2n) is 6.26. The van der Waals surface area contributed by atoms with E-state index >= 15 is 0 Å². The summed E-state index contributed by atoms with van der Waals surface area (Å²) >= 11 is 0. The fourth-order valence-electron chi connectivity index (χ4n) is 3.23. The number of nitrogens with one attached hydrogen (secondary N) is 1. The largest absolute Gasteiger partial charge is 0.364 e. The number of aromatic nitrogens is 6. The van der Waals surface area contributed by atoms with Gasteiger partial charge in [-0.25, -0.2) is 14.6 Å². The minimum atomic E-state index is -0.705. The molecule has 3 aromatic rings. The summed E-state index contributed by atoms with van der Waals surface area (Å²) in [6.07, 6.45) is 2.75. The van der Waals surface area contributed by atoms with Crippen LogP contribution in [0.2, 0.25) is 0 Å². The van der Waals surface area contributed by atoms with Gasteiger partial charge in [0.1, 0.15) is 17.7 Å². The van der Waals surface area contributed by atoms with Gasteiger partial charge in [0.2, 0.25) is 0 Å². The fraction of sp³-hybridized carbons (Fsp3) is 0.235. The molecule has 0 bridgehead atoms. The van der Waals surface area contributed by atoms with Crippen molar-refractivity contribution in [3.63, 3.8) is 0 Å². The number of nitrogens with two attached hydrogens (primary N) is 1. The maximum Gasteiger partial charge on any atom is 0.270 e. The molecule has 10 nitrogen and oxygen atoms in total. The number of aryl methyl sites for hydroxylation is 2. The lowest BCUT2D eigenvalue weighted by Gasteiger charge is -2.14. The van der Waals surface area contributed by atoms with E-state index in [2.05, 4.69) is 30.8 Å². The number of tetrazole rings is 1. The molecule has 0 unspecified atom stereocenters. The van der Waals surface area contributed by atoms with Crippen LogP contribution in [0, 0.1) is 0 Å². The van der Waals surface area contributed by atoms with Crippen molar-refractivity contribution in [1.82, 2.24) is 35.5 Å². The second kappa shape index (κ2) is 6.56. The summed E-state index contributed by atoms with van der Waals surface area (Å²) in [5.74, 6) is -0.395. The van der Waals surface area contributed by atoms with Gasteiger partial charge in [-0.2, -0.15) is 0 Å². The van der Waals surface area contributed by atoms with Crippen molar-refractivity contribution in [2.45, 2.75) is 18.9 Å². The minimum Gasteiger partial charge on any atom is -0.364 e. The number of fused-ring (bicyclic) bond motifs is 1. The fourth-order valence-corrected chi connectivity index (χ4v) is 3.23.